The van der Waals surface area contributed by atoms with E-state index in [0.717, 1.165) is 40.2 Å². The van der Waals surface area contributed by atoms with E-state index < -0.39 is 5.41 Å². The third-order valence-electron chi connectivity index (χ3n) is 7.53. The first-order valence-corrected chi connectivity index (χ1v) is 14.0. The first-order valence-electron chi connectivity index (χ1n) is 14.0. The standard InChI is InChI=1S/C30H41N5O3/c1-8-9-37-26-24(33-19(6)7)14-32-28-25(26)22(18(4)5)15-35(28)20-11-30(12-20)23-10-21(38-16-17(2)3)13-31-27(23)34-29(30)36/h10,13-15,17-20,33H,8-9,11-12,16H2,1-7H3,(H,31,34,36). The summed E-state index contributed by atoms with van der Waals surface area (Å²) in [6, 6.07) is 2.42. The normalized spacial score (nSPS) is 20.4. The molecule has 1 aliphatic heterocycles. The summed E-state index contributed by atoms with van der Waals surface area (Å²) in [4.78, 5) is 22.7. The topological polar surface area (TPSA) is 90.3 Å². The molecule has 1 saturated carbocycles. The zero-order chi connectivity index (χ0) is 27.2. The van der Waals surface area contributed by atoms with Crippen LogP contribution in [0.3, 0.4) is 0 Å². The first kappa shape index (κ1) is 26.3. The maximum atomic E-state index is 13.2. The molecule has 2 aliphatic rings. The van der Waals surface area contributed by atoms with Gasteiger partial charge in [-0.15, -0.1) is 0 Å². The van der Waals surface area contributed by atoms with E-state index >= 15 is 0 Å². The van der Waals surface area contributed by atoms with Crippen molar-refractivity contribution >= 4 is 28.4 Å². The van der Waals surface area contributed by atoms with Crippen LogP contribution in [0.2, 0.25) is 0 Å². The Morgan fingerprint density at radius 3 is 2.55 bits per heavy atom. The highest BCUT2D eigenvalue weighted by molar-refractivity contribution is 6.06. The molecule has 1 aliphatic carbocycles. The number of nitrogens with zero attached hydrogens (tertiary/aromatic N) is 3. The summed E-state index contributed by atoms with van der Waals surface area (Å²) in [6.07, 6.45) is 8.14. The molecule has 8 heteroatoms. The molecule has 3 aromatic rings. The molecule has 38 heavy (non-hydrogen) atoms. The summed E-state index contributed by atoms with van der Waals surface area (Å²) in [6.45, 7) is 16.3. The van der Waals surface area contributed by atoms with Crippen LogP contribution in [-0.2, 0) is 10.2 Å². The predicted molar refractivity (Wildman–Crippen MR) is 152 cm³/mol. The Morgan fingerprint density at radius 2 is 1.89 bits per heavy atom. The molecule has 0 atom stereocenters. The van der Waals surface area contributed by atoms with Gasteiger partial charge in [0.1, 0.15) is 17.2 Å². The van der Waals surface area contributed by atoms with Crippen molar-refractivity contribution < 1.29 is 14.3 Å². The highest BCUT2D eigenvalue weighted by Crippen LogP contribution is 2.57. The van der Waals surface area contributed by atoms with Crippen LogP contribution < -0.4 is 20.1 Å². The van der Waals surface area contributed by atoms with Gasteiger partial charge in [0.25, 0.3) is 0 Å². The van der Waals surface area contributed by atoms with Gasteiger partial charge in [-0.2, -0.15) is 0 Å². The molecular formula is C30H41N5O3. The van der Waals surface area contributed by atoms with Gasteiger partial charge in [0, 0.05) is 23.8 Å². The lowest BCUT2D eigenvalue weighted by Gasteiger charge is -2.44. The Morgan fingerprint density at radius 1 is 1.13 bits per heavy atom. The van der Waals surface area contributed by atoms with Gasteiger partial charge in [0.05, 0.1) is 42.1 Å². The molecular weight excluding hydrogens is 478 g/mol. The molecule has 1 amide bonds. The number of ether oxygens (including phenoxy) is 2. The lowest BCUT2D eigenvalue weighted by Crippen LogP contribution is -2.47. The molecule has 204 valence electrons. The number of nitrogens with one attached hydrogen (secondary N) is 2. The van der Waals surface area contributed by atoms with E-state index in [4.69, 9.17) is 14.5 Å². The second kappa shape index (κ2) is 10.1. The number of fused-ring (bicyclic) bond motifs is 3. The minimum Gasteiger partial charge on any atom is -0.492 e. The van der Waals surface area contributed by atoms with E-state index in [9.17, 15) is 4.79 Å². The average Bonchev–Trinajstić information content (AvgIpc) is 3.35. The van der Waals surface area contributed by atoms with Crippen LogP contribution in [0, 0.1) is 5.92 Å². The highest BCUT2D eigenvalue weighted by atomic mass is 16.5. The quantitative estimate of drug-likeness (QED) is 0.321. The summed E-state index contributed by atoms with van der Waals surface area (Å²) < 4.78 is 14.5. The summed E-state index contributed by atoms with van der Waals surface area (Å²) in [5, 5.41) is 7.60. The van der Waals surface area contributed by atoms with Crippen LogP contribution in [-0.4, -0.2) is 39.7 Å². The van der Waals surface area contributed by atoms with Crippen molar-refractivity contribution in [3.05, 3.63) is 35.8 Å². The number of hydrogen-bond donors (Lipinski definition) is 2. The number of amides is 1. The number of aromatic nitrogens is 3. The van der Waals surface area contributed by atoms with E-state index in [1.165, 1.54) is 5.56 Å². The second-order valence-electron chi connectivity index (χ2n) is 11.9. The van der Waals surface area contributed by atoms with Gasteiger partial charge in [0.2, 0.25) is 5.91 Å². The van der Waals surface area contributed by atoms with Gasteiger partial charge in [-0.3, -0.25) is 4.79 Å². The van der Waals surface area contributed by atoms with E-state index in [1.54, 1.807) is 6.20 Å². The van der Waals surface area contributed by atoms with Crippen molar-refractivity contribution in [2.24, 2.45) is 5.92 Å². The molecule has 5 rings (SSSR count). The number of hydrogen-bond acceptors (Lipinski definition) is 6. The van der Waals surface area contributed by atoms with E-state index in [0.29, 0.717) is 43.7 Å². The van der Waals surface area contributed by atoms with Crippen LogP contribution in [0.15, 0.2) is 24.7 Å². The van der Waals surface area contributed by atoms with Crippen LogP contribution in [0.25, 0.3) is 11.0 Å². The summed E-state index contributed by atoms with van der Waals surface area (Å²) >= 11 is 0. The number of rotatable bonds is 10. The summed E-state index contributed by atoms with van der Waals surface area (Å²) in [5.74, 6) is 2.99. The third kappa shape index (κ3) is 4.48. The zero-order valence-electron chi connectivity index (χ0n) is 23.7. The molecule has 8 nitrogen and oxygen atoms in total. The predicted octanol–water partition coefficient (Wildman–Crippen LogP) is 6.42. The molecule has 0 radical (unpaired) electrons. The maximum absolute atomic E-state index is 13.2. The minimum absolute atomic E-state index is 0.0288. The van der Waals surface area contributed by atoms with E-state index in [2.05, 4.69) is 74.8 Å². The van der Waals surface area contributed by atoms with Crippen LogP contribution in [0.4, 0.5) is 11.5 Å². The molecule has 0 aromatic carbocycles. The van der Waals surface area contributed by atoms with Crippen LogP contribution >= 0.6 is 0 Å². The molecule has 1 fully saturated rings. The van der Waals surface area contributed by atoms with Gasteiger partial charge in [0.15, 0.2) is 5.75 Å². The smallest absolute Gasteiger partial charge is 0.236 e. The average molecular weight is 520 g/mol. The fraction of sp³-hybridized carbons (Fsp3) is 0.567. The number of anilines is 2. The molecule has 2 N–H and O–H groups in total. The van der Waals surface area contributed by atoms with Crippen molar-refractivity contribution in [3.8, 4) is 11.5 Å². The lowest BCUT2D eigenvalue weighted by molar-refractivity contribution is -0.125. The molecule has 3 aromatic heterocycles. The van der Waals surface area contributed by atoms with Crippen molar-refractivity contribution in [1.82, 2.24) is 14.5 Å². The fourth-order valence-electron chi connectivity index (χ4n) is 5.65. The van der Waals surface area contributed by atoms with Crippen LogP contribution in [0.5, 0.6) is 11.5 Å². The van der Waals surface area contributed by atoms with Crippen molar-refractivity contribution in [2.75, 3.05) is 23.8 Å². The maximum Gasteiger partial charge on any atom is 0.236 e. The third-order valence-corrected chi connectivity index (χ3v) is 7.53. The van der Waals surface area contributed by atoms with Crippen molar-refractivity contribution in [3.63, 3.8) is 0 Å². The lowest BCUT2D eigenvalue weighted by atomic mass is 9.62. The van der Waals surface area contributed by atoms with Gasteiger partial charge in [-0.05, 0) is 56.6 Å². The molecule has 4 heterocycles. The van der Waals surface area contributed by atoms with Crippen LogP contribution in [0.1, 0.15) is 90.8 Å². The number of carbonyl (C=O) groups excluding carboxylic acids is 1. The largest absolute Gasteiger partial charge is 0.492 e. The number of carbonyl (C=O) groups is 1. The molecule has 0 bridgehead atoms. The van der Waals surface area contributed by atoms with Gasteiger partial charge < -0.3 is 24.7 Å². The summed E-state index contributed by atoms with van der Waals surface area (Å²) in [5.41, 5.74) is 3.42. The Kier molecular flexibility index (Phi) is 7.01. The number of pyridine rings is 2. The van der Waals surface area contributed by atoms with E-state index in [1.807, 2.05) is 12.3 Å². The monoisotopic (exact) mass is 519 g/mol. The highest BCUT2D eigenvalue weighted by Gasteiger charge is 2.57. The SMILES string of the molecule is CCCOc1c(NC(C)C)cnc2c1c(C(C)C)cn2C1CC2(C1)C(=O)Nc1ncc(OCC(C)C)cc12. The van der Waals surface area contributed by atoms with Crippen molar-refractivity contribution in [2.45, 2.75) is 91.1 Å². The zero-order valence-corrected chi connectivity index (χ0v) is 23.7. The Labute approximate surface area is 225 Å². The molecule has 0 unspecified atom stereocenters. The second-order valence-corrected chi connectivity index (χ2v) is 11.9. The molecule has 0 saturated heterocycles. The Hall–Kier alpha value is -3.29. The van der Waals surface area contributed by atoms with Gasteiger partial charge in [-0.1, -0.05) is 34.6 Å². The minimum atomic E-state index is -0.584. The fourth-order valence-corrected chi connectivity index (χ4v) is 5.65. The van der Waals surface area contributed by atoms with Crippen molar-refractivity contribution in [1.29, 1.82) is 0 Å². The van der Waals surface area contributed by atoms with Gasteiger partial charge in [-0.25, -0.2) is 9.97 Å². The Bertz CT molecular complexity index is 1340. The summed E-state index contributed by atoms with van der Waals surface area (Å²) in [7, 11) is 0. The Balaban J connectivity index is 1.51. The first-order chi connectivity index (χ1) is 18.1. The molecule has 1 spiro atoms. The van der Waals surface area contributed by atoms with E-state index in [-0.39, 0.29) is 18.0 Å². The van der Waals surface area contributed by atoms with Gasteiger partial charge >= 0.3 is 0 Å².